The van der Waals surface area contributed by atoms with Crippen LogP contribution >= 0.6 is 0 Å². The number of halogens is 3. The summed E-state index contributed by atoms with van der Waals surface area (Å²) < 4.78 is 52.3. The largest absolute Gasteiger partial charge is 0.493 e. The molecule has 32 heavy (non-hydrogen) atoms. The number of hydrogen-bond donors (Lipinski definition) is 0. The molecule has 0 amide bonds. The van der Waals surface area contributed by atoms with Gasteiger partial charge in [0.25, 0.3) is 5.78 Å². The molecular weight excluding hydrogens is 423 g/mol. The Balaban J connectivity index is 1.48. The molecule has 10 heteroatoms. The number of methoxy groups -OCH3 is 1. The molecule has 0 spiro atoms. The van der Waals surface area contributed by atoms with Crippen LogP contribution in [-0.2, 0) is 12.7 Å². The van der Waals surface area contributed by atoms with E-state index in [2.05, 4.69) is 20.0 Å². The Morgan fingerprint density at radius 2 is 1.88 bits per heavy atom. The number of piperidine rings is 1. The van der Waals surface area contributed by atoms with Crippen molar-refractivity contribution >= 4 is 5.78 Å². The molecule has 0 atom stereocenters. The molecular formula is C22H26F3N5O2. The highest BCUT2D eigenvalue weighted by molar-refractivity contribution is 5.47. The van der Waals surface area contributed by atoms with Crippen LogP contribution in [-0.4, -0.2) is 51.3 Å². The molecule has 172 valence electrons. The van der Waals surface area contributed by atoms with Crippen LogP contribution in [0.3, 0.4) is 0 Å². The van der Waals surface area contributed by atoms with Gasteiger partial charge in [-0.15, -0.1) is 0 Å². The second-order valence-corrected chi connectivity index (χ2v) is 7.95. The van der Waals surface area contributed by atoms with Crippen molar-refractivity contribution in [3.63, 3.8) is 0 Å². The Bertz CT molecular complexity index is 1090. The molecule has 0 unspecified atom stereocenters. The lowest BCUT2D eigenvalue weighted by Gasteiger charge is -2.32. The third-order valence-electron chi connectivity index (χ3n) is 5.88. The number of benzene rings is 1. The smallest absolute Gasteiger partial charge is 0.433 e. The van der Waals surface area contributed by atoms with Gasteiger partial charge >= 0.3 is 6.18 Å². The minimum Gasteiger partial charge on any atom is -0.493 e. The fraction of sp³-hybridized carbons (Fsp3) is 0.500. The zero-order valence-electron chi connectivity index (χ0n) is 18.3. The Kier molecular flexibility index (Phi) is 6.23. The number of hydrogen-bond acceptors (Lipinski definition) is 6. The molecule has 0 bridgehead atoms. The summed E-state index contributed by atoms with van der Waals surface area (Å²) >= 11 is 0. The highest BCUT2D eigenvalue weighted by Crippen LogP contribution is 2.35. The number of fused-ring (bicyclic) bond motifs is 1. The lowest BCUT2D eigenvalue weighted by Crippen LogP contribution is -2.33. The molecule has 0 aliphatic carbocycles. The minimum atomic E-state index is -4.52. The maximum atomic E-state index is 13.5. The standard InChI is InChI=1S/C22H26F3N5O2/c1-4-32-19-10-16(14(2)9-18(19)31-3)12-29-7-5-15(6-8-29)17-11-20(22(23,24)25)30-21(28-17)26-13-27-30/h9-11,13,15H,4-8,12H2,1-3H3. The fourth-order valence-electron chi connectivity index (χ4n) is 4.17. The molecule has 1 aliphatic rings. The zero-order valence-corrected chi connectivity index (χ0v) is 18.3. The molecule has 4 rings (SSSR count). The first-order valence-electron chi connectivity index (χ1n) is 10.6. The summed E-state index contributed by atoms with van der Waals surface area (Å²) in [6.45, 7) is 6.79. The predicted molar refractivity (Wildman–Crippen MR) is 112 cm³/mol. The van der Waals surface area contributed by atoms with Crippen molar-refractivity contribution in [3.8, 4) is 11.5 Å². The van der Waals surface area contributed by atoms with Gasteiger partial charge in [-0.25, -0.2) is 4.98 Å². The summed E-state index contributed by atoms with van der Waals surface area (Å²) in [7, 11) is 1.62. The van der Waals surface area contributed by atoms with Gasteiger partial charge < -0.3 is 9.47 Å². The summed E-state index contributed by atoms with van der Waals surface area (Å²) in [5, 5.41) is 3.67. The second-order valence-electron chi connectivity index (χ2n) is 7.95. The predicted octanol–water partition coefficient (Wildman–Crippen LogP) is 4.24. The van der Waals surface area contributed by atoms with E-state index in [1.165, 1.54) is 0 Å². The Labute approximate surface area is 184 Å². The van der Waals surface area contributed by atoms with Crippen molar-refractivity contribution in [2.24, 2.45) is 0 Å². The van der Waals surface area contributed by atoms with Gasteiger partial charge in [0, 0.05) is 18.2 Å². The summed E-state index contributed by atoms with van der Waals surface area (Å²) in [5.74, 6) is 1.36. The van der Waals surface area contributed by atoms with Crippen LogP contribution in [0.4, 0.5) is 13.2 Å². The van der Waals surface area contributed by atoms with Crippen LogP contribution in [0.5, 0.6) is 11.5 Å². The van der Waals surface area contributed by atoms with Gasteiger partial charge in [0.1, 0.15) is 6.33 Å². The number of likely N-dealkylation sites (tertiary alicyclic amines) is 1. The summed E-state index contributed by atoms with van der Waals surface area (Å²) in [5.41, 5.74) is 1.85. The third-order valence-corrected chi connectivity index (χ3v) is 5.88. The van der Waals surface area contributed by atoms with Crippen molar-refractivity contribution in [2.75, 3.05) is 26.8 Å². The number of rotatable bonds is 6. The van der Waals surface area contributed by atoms with Gasteiger partial charge in [-0.2, -0.15) is 27.8 Å². The van der Waals surface area contributed by atoms with E-state index in [1.54, 1.807) is 7.11 Å². The van der Waals surface area contributed by atoms with Crippen LogP contribution in [0.15, 0.2) is 24.5 Å². The van der Waals surface area contributed by atoms with E-state index in [1.807, 2.05) is 26.0 Å². The van der Waals surface area contributed by atoms with Crippen molar-refractivity contribution in [3.05, 3.63) is 47.0 Å². The van der Waals surface area contributed by atoms with Crippen LogP contribution in [0, 0.1) is 6.92 Å². The Morgan fingerprint density at radius 1 is 1.12 bits per heavy atom. The van der Waals surface area contributed by atoms with E-state index >= 15 is 0 Å². The molecule has 1 saturated heterocycles. The molecule has 3 heterocycles. The van der Waals surface area contributed by atoms with Crippen LogP contribution in [0.2, 0.25) is 0 Å². The van der Waals surface area contributed by atoms with Crippen molar-refractivity contribution in [1.29, 1.82) is 0 Å². The lowest BCUT2D eigenvalue weighted by atomic mass is 9.92. The van der Waals surface area contributed by atoms with Gasteiger partial charge in [-0.1, -0.05) is 0 Å². The lowest BCUT2D eigenvalue weighted by molar-refractivity contribution is -0.142. The van der Waals surface area contributed by atoms with Gasteiger partial charge in [0.15, 0.2) is 17.2 Å². The second kappa shape index (κ2) is 8.93. The fourth-order valence-corrected chi connectivity index (χ4v) is 4.17. The molecule has 0 N–H and O–H groups in total. The molecule has 1 aliphatic heterocycles. The molecule has 0 radical (unpaired) electrons. The van der Waals surface area contributed by atoms with Crippen molar-refractivity contribution < 1.29 is 22.6 Å². The number of ether oxygens (including phenoxy) is 2. The topological polar surface area (TPSA) is 64.8 Å². The average Bonchev–Trinajstić information content (AvgIpc) is 3.23. The van der Waals surface area contributed by atoms with Gasteiger partial charge in [0.05, 0.1) is 13.7 Å². The Morgan fingerprint density at radius 3 is 2.53 bits per heavy atom. The van der Waals surface area contributed by atoms with E-state index in [0.717, 1.165) is 66.3 Å². The zero-order chi connectivity index (χ0) is 22.9. The van der Waals surface area contributed by atoms with E-state index < -0.39 is 11.9 Å². The third kappa shape index (κ3) is 4.50. The van der Waals surface area contributed by atoms with E-state index in [4.69, 9.17) is 9.47 Å². The van der Waals surface area contributed by atoms with Crippen LogP contribution < -0.4 is 9.47 Å². The molecule has 2 aromatic heterocycles. The van der Waals surface area contributed by atoms with E-state index in [0.29, 0.717) is 18.1 Å². The van der Waals surface area contributed by atoms with Crippen LogP contribution in [0.25, 0.3) is 5.78 Å². The quantitative estimate of drug-likeness (QED) is 0.561. The molecule has 1 aromatic carbocycles. The van der Waals surface area contributed by atoms with Gasteiger partial charge in [-0.05, 0) is 69.1 Å². The molecule has 1 fully saturated rings. The monoisotopic (exact) mass is 449 g/mol. The summed E-state index contributed by atoms with van der Waals surface area (Å²) in [6, 6.07) is 5.10. The van der Waals surface area contributed by atoms with E-state index in [9.17, 15) is 13.2 Å². The van der Waals surface area contributed by atoms with E-state index in [-0.39, 0.29) is 11.7 Å². The van der Waals surface area contributed by atoms with Crippen molar-refractivity contribution in [1.82, 2.24) is 24.5 Å². The summed E-state index contributed by atoms with van der Waals surface area (Å²) in [6.07, 6.45) is -1.98. The molecule has 7 nitrogen and oxygen atoms in total. The van der Waals surface area contributed by atoms with Gasteiger partial charge in [0.2, 0.25) is 0 Å². The van der Waals surface area contributed by atoms with Crippen molar-refractivity contribution in [2.45, 2.75) is 45.3 Å². The number of alkyl halides is 3. The number of aryl methyl sites for hydroxylation is 1. The molecule has 0 saturated carbocycles. The van der Waals surface area contributed by atoms with Gasteiger partial charge in [-0.3, -0.25) is 4.90 Å². The first kappa shape index (κ1) is 22.3. The first-order chi connectivity index (χ1) is 15.3. The first-order valence-corrected chi connectivity index (χ1v) is 10.6. The highest BCUT2D eigenvalue weighted by Gasteiger charge is 2.36. The Hall–Kier alpha value is -2.88. The maximum absolute atomic E-state index is 13.5. The average molecular weight is 449 g/mol. The summed E-state index contributed by atoms with van der Waals surface area (Å²) in [4.78, 5) is 10.5. The SMILES string of the molecule is CCOc1cc(CN2CCC(c3cc(C(F)(F)F)n4ncnc4n3)CC2)c(C)cc1OC. The number of nitrogens with zero attached hydrogens (tertiary/aromatic N) is 5. The number of aromatic nitrogens is 4. The minimum absolute atomic E-state index is 0.0189. The highest BCUT2D eigenvalue weighted by atomic mass is 19.4. The maximum Gasteiger partial charge on any atom is 0.433 e. The van der Waals surface area contributed by atoms with Crippen LogP contribution in [0.1, 0.15) is 48.2 Å². The normalized spacial score (nSPS) is 15.9. The molecule has 3 aromatic rings.